The Labute approximate surface area is 279 Å². The fraction of sp³-hybridized carbons (Fsp3) is 0.634. The summed E-state index contributed by atoms with van der Waals surface area (Å²) in [6.07, 6.45) is 13.3. The van der Waals surface area contributed by atoms with E-state index in [1.807, 2.05) is 0 Å². The highest BCUT2D eigenvalue weighted by atomic mass is 16.5. The molecule has 2 aromatic carbocycles. The predicted molar refractivity (Wildman–Crippen MR) is 185 cm³/mol. The molecule has 3 saturated carbocycles. The van der Waals surface area contributed by atoms with Crippen LogP contribution in [0.15, 0.2) is 42.5 Å². The lowest BCUT2D eigenvalue weighted by atomic mass is 9.38. The molecule has 47 heavy (non-hydrogen) atoms. The number of ether oxygens (including phenoxy) is 1. The fourth-order valence-corrected chi connectivity index (χ4v) is 14.8. The van der Waals surface area contributed by atoms with Gasteiger partial charge in [0, 0.05) is 47.3 Å². The van der Waals surface area contributed by atoms with Crippen LogP contribution in [0.4, 0.5) is 5.69 Å². The summed E-state index contributed by atoms with van der Waals surface area (Å²) in [5.74, 6) is -0.0369. The zero-order chi connectivity index (χ0) is 31.5. The molecule has 6 aliphatic heterocycles. The van der Waals surface area contributed by atoms with Crippen LogP contribution in [0.1, 0.15) is 106 Å². The first-order chi connectivity index (χ1) is 22.9. The molecular formula is C41H50N4O2. The van der Waals surface area contributed by atoms with Crippen molar-refractivity contribution in [2.75, 3.05) is 45.2 Å². The molecule has 9 aliphatic rings. The number of nitrogens with zero attached hydrogens (tertiary/aromatic N) is 4. The van der Waals surface area contributed by atoms with E-state index in [2.05, 4.69) is 75.7 Å². The zero-order valence-corrected chi connectivity index (χ0v) is 28.6. The van der Waals surface area contributed by atoms with Gasteiger partial charge >= 0.3 is 5.97 Å². The van der Waals surface area contributed by atoms with Gasteiger partial charge in [-0.1, -0.05) is 37.3 Å². The lowest BCUT2D eigenvalue weighted by Crippen LogP contribution is -2.78. The van der Waals surface area contributed by atoms with E-state index in [4.69, 9.17) is 4.74 Å². The number of carbonyl (C=O) groups is 1. The lowest BCUT2D eigenvalue weighted by molar-refractivity contribution is -0.174. The van der Waals surface area contributed by atoms with Crippen LogP contribution in [0.25, 0.3) is 10.9 Å². The largest absolute Gasteiger partial charge is 0.469 e. The van der Waals surface area contributed by atoms with E-state index in [1.165, 1.54) is 93.2 Å². The molecule has 3 saturated heterocycles. The molecule has 0 N–H and O–H groups in total. The Morgan fingerprint density at radius 1 is 0.936 bits per heavy atom. The Balaban J connectivity index is 1.15. The number of anilines is 1. The Morgan fingerprint density at radius 3 is 2.66 bits per heavy atom. The second-order valence-electron chi connectivity index (χ2n) is 17.1. The van der Waals surface area contributed by atoms with Crippen molar-refractivity contribution in [1.29, 1.82) is 0 Å². The first-order valence-electron chi connectivity index (χ1n) is 19.0. The van der Waals surface area contributed by atoms with Gasteiger partial charge in [-0.2, -0.15) is 0 Å². The van der Waals surface area contributed by atoms with E-state index < -0.39 is 0 Å². The van der Waals surface area contributed by atoms with Crippen LogP contribution < -0.4 is 4.90 Å². The Hall–Kier alpha value is -2.83. The van der Waals surface area contributed by atoms with Gasteiger partial charge in [-0.15, -0.1) is 0 Å². The second-order valence-corrected chi connectivity index (χ2v) is 17.1. The van der Waals surface area contributed by atoms with Gasteiger partial charge < -0.3 is 14.2 Å². The summed E-state index contributed by atoms with van der Waals surface area (Å²) in [6.45, 7) is 7.31. The quantitative estimate of drug-likeness (QED) is 0.292. The molecule has 0 amide bonds. The highest BCUT2D eigenvalue weighted by molar-refractivity contribution is 5.87. The summed E-state index contributed by atoms with van der Waals surface area (Å²) >= 11 is 0. The van der Waals surface area contributed by atoms with E-state index in [9.17, 15) is 4.79 Å². The van der Waals surface area contributed by atoms with Crippen LogP contribution in [-0.4, -0.2) is 72.3 Å². The summed E-state index contributed by atoms with van der Waals surface area (Å²) in [4.78, 5) is 22.2. The third-order valence-corrected chi connectivity index (χ3v) is 16.3. The smallest absolute Gasteiger partial charge is 0.311 e. The molecule has 12 rings (SSSR count). The van der Waals surface area contributed by atoms with Gasteiger partial charge in [0.2, 0.25) is 0 Å². The first-order valence-corrected chi connectivity index (χ1v) is 19.0. The third-order valence-electron chi connectivity index (χ3n) is 16.3. The van der Waals surface area contributed by atoms with Gasteiger partial charge in [0.25, 0.3) is 0 Å². The summed E-state index contributed by atoms with van der Waals surface area (Å²) < 4.78 is 8.51. The number of para-hydroxylation sites is 1. The lowest BCUT2D eigenvalue weighted by Gasteiger charge is -2.70. The highest BCUT2D eigenvalue weighted by Crippen LogP contribution is 2.76. The molecule has 2 bridgehead atoms. The van der Waals surface area contributed by atoms with E-state index >= 15 is 0 Å². The number of fused-ring (bicyclic) bond motifs is 6. The van der Waals surface area contributed by atoms with Crippen molar-refractivity contribution in [2.24, 2.45) is 16.7 Å². The molecule has 1 aromatic heterocycles. The third kappa shape index (κ3) is 2.96. The molecule has 8 atom stereocenters. The van der Waals surface area contributed by atoms with Gasteiger partial charge in [0.15, 0.2) is 0 Å². The van der Waals surface area contributed by atoms with E-state index in [-0.39, 0.29) is 28.3 Å². The Morgan fingerprint density at radius 2 is 1.79 bits per heavy atom. The fourth-order valence-electron chi connectivity index (χ4n) is 14.8. The van der Waals surface area contributed by atoms with E-state index in [0.717, 1.165) is 25.8 Å². The number of piperidine rings is 2. The number of benzene rings is 2. The van der Waals surface area contributed by atoms with Crippen LogP contribution >= 0.6 is 0 Å². The molecule has 7 heterocycles. The summed E-state index contributed by atoms with van der Waals surface area (Å²) in [6, 6.07) is 18.4. The van der Waals surface area contributed by atoms with Crippen molar-refractivity contribution < 1.29 is 9.53 Å². The number of methoxy groups -OCH3 is 1. The van der Waals surface area contributed by atoms with Crippen LogP contribution in [-0.2, 0) is 21.4 Å². The molecule has 6 fully saturated rings. The van der Waals surface area contributed by atoms with E-state index in [0.29, 0.717) is 23.5 Å². The number of aromatic nitrogens is 1. The summed E-state index contributed by atoms with van der Waals surface area (Å²) in [5, 5.41) is 1.49. The van der Waals surface area contributed by atoms with Crippen molar-refractivity contribution in [3.8, 4) is 0 Å². The van der Waals surface area contributed by atoms with Gasteiger partial charge in [-0.25, -0.2) is 0 Å². The van der Waals surface area contributed by atoms with Crippen LogP contribution in [0.5, 0.6) is 0 Å². The maximum Gasteiger partial charge on any atom is 0.311 e. The standard InChI is InChI=1S/C41H50N4O2/c1-4-38-14-7-19-43-21-13-28-27-9-5-6-10-31(27)45(34(28)35(38)43)33(25-38)26-11-12-32-29(23-26)40-18-22-44-20-8-15-39(37(40)44)16-17-41(40,42(32)2)30(24-39)36(46)47-3/h5-6,9-12,23,30,33,35,37H,4,7-8,13-22,24-25H2,1-3H3. The Bertz CT molecular complexity index is 1860. The average molecular weight is 631 g/mol. The molecule has 3 aliphatic carbocycles. The number of likely N-dealkylation sites (N-methyl/N-ethyl adjacent to an activating group) is 1. The van der Waals surface area contributed by atoms with Crippen molar-refractivity contribution in [1.82, 2.24) is 14.4 Å². The number of hydrogen-bond acceptors (Lipinski definition) is 5. The van der Waals surface area contributed by atoms with Gasteiger partial charge in [-0.3, -0.25) is 14.6 Å². The average Bonchev–Trinajstić information content (AvgIpc) is 3.75. The number of esters is 1. The van der Waals surface area contributed by atoms with Gasteiger partial charge in [0.1, 0.15) is 0 Å². The van der Waals surface area contributed by atoms with Crippen molar-refractivity contribution in [2.45, 2.75) is 107 Å². The van der Waals surface area contributed by atoms with Crippen LogP contribution in [0.2, 0.25) is 0 Å². The first kappa shape index (κ1) is 28.1. The number of hydrogen-bond donors (Lipinski definition) is 0. The molecule has 246 valence electrons. The molecule has 0 radical (unpaired) electrons. The molecule has 8 unspecified atom stereocenters. The zero-order valence-electron chi connectivity index (χ0n) is 28.6. The maximum absolute atomic E-state index is 13.9. The minimum absolute atomic E-state index is 0.0255. The molecule has 6 heteroatoms. The summed E-state index contributed by atoms with van der Waals surface area (Å²) in [7, 11) is 3.95. The molecule has 3 spiro atoms. The van der Waals surface area contributed by atoms with Crippen LogP contribution in [0.3, 0.4) is 0 Å². The summed E-state index contributed by atoms with van der Waals surface area (Å²) in [5.41, 5.74) is 9.46. The highest BCUT2D eigenvalue weighted by Gasteiger charge is 2.80. The van der Waals surface area contributed by atoms with Crippen molar-refractivity contribution in [3.63, 3.8) is 0 Å². The van der Waals surface area contributed by atoms with Crippen molar-refractivity contribution >= 4 is 22.6 Å². The minimum atomic E-state index is -0.203. The Kier molecular flexibility index (Phi) is 5.39. The predicted octanol–water partition coefficient (Wildman–Crippen LogP) is 6.99. The van der Waals surface area contributed by atoms with Gasteiger partial charge in [0.05, 0.1) is 30.7 Å². The monoisotopic (exact) mass is 630 g/mol. The molecule has 3 aromatic rings. The second kappa shape index (κ2) is 9.04. The van der Waals surface area contributed by atoms with Crippen LogP contribution in [0, 0.1) is 16.7 Å². The maximum atomic E-state index is 13.9. The molecular weight excluding hydrogens is 580 g/mol. The van der Waals surface area contributed by atoms with E-state index in [1.54, 1.807) is 23.9 Å². The number of rotatable bonds is 3. The number of carbonyl (C=O) groups excluding carboxylic acids is 1. The van der Waals surface area contributed by atoms with Crippen molar-refractivity contribution in [3.05, 3.63) is 64.8 Å². The SMILES string of the molecule is CCC12CCCN3CCc4c(n(c5ccccc45)C(c4ccc5c(c4)C46CCN7CCCC8(CCC4(C(C(=O)OC)C8)N5C)C76)C1)C32. The molecule has 6 nitrogen and oxygen atoms in total. The topological polar surface area (TPSA) is 41.0 Å². The minimum Gasteiger partial charge on any atom is -0.469 e. The van der Waals surface area contributed by atoms with Gasteiger partial charge in [-0.05, 0) is 130 Å². The normalized spacial score (nSPS) is 41.0.